The van der Waals surface area contributed by atoms with Gasteiger partial charge in [-0.1, -0.05) is 6.30 Å². The number of carbonyl (C=O) groups is 1. The summed E-state index contributed by atoms with van der Waals surface area (Å²) >= 11 is 0. The lowest BCUT2D eigenvalue weighted by molar-refractivity contribution is -0.124. The van der Waals surface area contributed by atoms with E-state index in [9.17, 15) is 13.6 Å². The predicted octanol–water partition coefficient (Wildman–Crippen LogP) is 1.65. The molecule has 0 atom stereocenters. The molecule has 1 aliphatic carbocycles. The van der Waals surface area contributed by atoms with Crippen molar-refractivity contribution < 1.29 is 23.4 Å². The van der Waals surface area contributed by atoms with Crippen LogP contribution in [0.25, 0.3) is 0 Å². The predicted molar refractivity (Wildman–Crippen MR) is 55.3 cm³/mol. The fourth-order valence-corrected chi connectivity index (χ4v) is 2.50. The highest BCUT2D eigenvalue weighted by molar-refractivity contribution is 7.63. The SMILES string of the molecule is C=P(O)(O)CC(=O)C1CCC(F)(F)CC1. The second kappa shape index (κ2) is 4.32. The van der Waals surface area contributed by atoms with E-state index in [0.29, 0.717) is 0 Å². The normalized spacial score (nSPS) is 22.7. The first-order chi connectivity index (χ1) is 6.70. The highest BCUT2D eigenvalue weighted by Gasteiger charge is 2.37. The lowest BCUT2D eigenvalue weighted by atomic mass is 9.84. The summed E-state index contributed by atoms with van der Waals surface area (Å²) in [7, 11) is -3.36. The Morgan fingerprint density at radius 1 is 1.40 bits per heavy atom. The van der Waals surface area contributed by atoms with Crippen molar-refractivity contribution in [1.29, 1.82) is 0 Å². The Hall–Kier alpha value is -0.250. The molecule has 15 heavy (non-hydrogen) atoms. The lowest BCUT2D eigenvalue weighted by Gasteiger charge is -2.27. The van der Waals surface area contributed by atoms with Crippen molar-refractivity contribution >= 4 is 19.4 Å². The van der Waals surface area contributed by atoms with Crippen LogP contribution >= 0.6 is 7.34 Å². The molecule has 3 nitrogen and oxygen atoms in total. The fraction of sp³-hybridized carbons (Fsp3) is 0.778. The van der Waals surface area contributed by atoms with Crippen molar-refractivity contribution in [3.05, 3.63) is 0 Å². The molecule has 0 heterocycles. The van der Waals surface area contributed by atoms with E-state index in [1.165, 1.54) is 0 Å². The molecule has 1 saturated carbocycles. The van der Waals surface area contributed by atoms with Gasteiger partial charge in [-0.25, -0.2) is 8.78 Å². The average molecular weight is 240 g/mol. The second-order valence-corrected chi connectivity index (χ2v) is 6.21. The molecule has 0 aliphatic heterocycles. The number of carbonyl (C=O) groups excluding carboxylic acids is 1. The number of rotatable bonds is 3. The van der Waals surface area contributed by atoms with Crippen LogP contribution in [-0.4, -0.2) is 34.0 Å². The third kappa shape index (κ3) is 4.41. The molecule has 0 unspecified atom stereocenters. The van der Waals surface area contributed by atoms with Crippen LogP contribution in [0, 0.1) is 5.92 Å². The highest BCUT2D eigenvalue weighted by atomic mass is 31.2. The van der Waals surface area contributed by atoms with Gasteiger partial charge in [0.2, 0.25) is 5.92 Å². The summed E-state index contributed by atoms with van der Waals surface area (Å²) in [6.45, 7) is 0. The van der Waals surface area contributed by atoms with Crippen LogP contribution in [0.1, 0.15) is 25.7 Å². The van der Waals surface area contributed by atoms with Crippen LogP contribution in [0.2, 0.25) is 0 Å². The number of halogens is 2. The first-order valence-corrected chi connectivity index (χ1v) is 6.85. The third-order valence-electron chi connectivity index (χ3n) is 2.58. The maximum absolute atomic E-state index is 12.8. The summed E-state index contributed by atoms with van der Waals surface area (Å²) in [5, 5.41) is 0. The van der Waals surface area contributed by atoms with Crippen LogP contribution in [0.4, 0.5) is 8.78 Å². The van der Waals surface area contributed by atoms with E-state index in [2.05, 4.69) is 6.30 Å². The van der Waals surface area contributed by atoms with E-state index in [1.54, 1.807) is 0 Å². The quantitative estimate of drug-likeness (QED) is 0.737. The zero-order valence-corrected chi connectivity index (χ0v) is 9.22. The van der Waals surface area contributed by atoms with E-state index in [4.69, 9.17) is 9.79 Å². The molecule has 1 aliphatic rings. The summed E-state index contributed by atoms with van der Waals surface area (Å²) < 4.78 is 25.5. The van der Waals surface area contributed by atoms with E-state index in [0.717, 1.165) is 0 Å². The number of ketones is 1. The van der Waals surface area contributed by atoms with Crippen LogP contribution in [0.5, 0.6) is 0 Å². The van der Waals surface area contributed by atoms with Gasteiger partial charge in [-0.2, -0.15) is 0 Å². The molecule has 0 aromatic carbocycles. The Kier molecular flexibility index (Phi) is 3.69. The number of hydrogen-bond acceptors (Lipinski definition) is 3. The number of Topliss-reactive ketones (excluding diaryl/α,β-unsaturated/α-hetero) is 1. The summed E-state index contributed by atoms with van der Waals surface area (Å²) in [6, 6.07) is 0. The molecule has 0 bridgehead atoms. The van der Waals surface area contributed by atoms with Crippen LogP contribution in [-0.2, 0) is 4.79 Å². The van der Waals surface area contributed by atoms with Crippen molar-refractivity contribution in [2.24, 2.45) is 5.92 Å². The smallest absolute Gasteiger partial charge is 0.248 e. The Balaban J connectivity index is 2.47. The standard InChI is InChI=1S/C9H15F2O3P/c1-15(13,14)6-8(12)7-2-4-9(10,11)5-3-7/h7,13-14H,1-6H2. The Labute approximate surface area is 87.3 Å². The Morgan fingerprint density at radius 3 is 2.27 bits per heavy atom. The van der Waals surface area contributed by atoms with Gasteiger partial charge in [0.25, 0.3) is 0 Å². The van der Waals surface area contributed by atoms with E-state index in [-0.39, 0.29) is 37.6 Å². The molecule has 0 amide bonds. The van der Waals surface area contributed by atoms with E-state index in [1.807, 2.05) is 0 Å². The zero-order valence-electron chi connectivity index (χ0n) is 8.33. The number of hydrogen-bond donors (Lipinski definition) is 2. The first kappa shape index (κ1) is 12.8. The van der Waals surface area contributed by atoms with Gasteiger partial charge in [0.05, 0.1) is 6.16 Å². The molecule has 0 radical (unpaired) electrons. The Morgan fingerprint density at radius 2 is 1.87 bits per heavy atom. The molecule has 0 aromatic rings. The minimum Gasteiger partial charge on any atom is -0.353 e. The lowest BCUT2D eigenvalue weighted by Crippen LogP contribution is -2.29. The molecule has 0 saturated heterocycles. The van der Waals surface area contributed by atoms with Crippen molar-refractivity contribution in [3.63, 3.8) is 0 Å². The van der Waals surface area contributed by atoms with Gasteiger partial charge in [-0.05, 0) is 12.8 Å². The van der Waals surface area contributed by atoms with Gasteiger partial charge in [-0.15, -0.1) is 0 Å². The molecule has 1 fully saturated rings. The third-order valence-corrected chi connectivity index (χ3v) is 3.40. The second-order valence-electron chi connectivity index (χ2n) is 4.13. The van der Waals surface area contributed by atoms with Crippen LogP contribution in [0.15, 0.2) is 0 Å². The van der Waals surface area contributed by atoms with E-state index >= 15 is 0 Å². The van der Waals surface area contributed by atoms with Crippen molar-refractivity contribution in [3.8, 4) is 0 Å². The minimum absolute atomic E-state index is 0.131. The minimum atomic E-state index is -3.36. The topological polar surface area (TPSA) is 57.5 Å². The maximum atomic E-state index is 12.8. The van der Waals surface area contributed by atoms with Gasteiger partial charge in [0.15, 0.2) is 0 Å². The summed E-state index contributed by atoms with van der Waals surface area (Å²) in [5.41, 5.74) is 0. The molecule has 0 spiro atoms. The van der Waals surface area contributed by atoms with Gasteiger partial charge >= 0.3 is 0 Å². The molecule has 6 heteroatoms. The maximum Gasteiger partial charge on any atom is 0.248 e. The van der Waals surface area contributed by atoms with Crippen LogP contribution in [0.3, 0.4) is 0 Å². The molecular formula is C9H15F2O3P. The zero-order chi connectivity index (χ0) is 11.7. The average Bonchev–Trinajstić information content (AvgIpc) is 2.00. The van der Waals surface area contributed by atoms with Crippen molar-refractivity contribution in [2.45, 2.75) is 31.6 Å². The number of alkyl halides is 2. The molecule has 1 rings (SSSR count). The molecule has 88 valence electrons. The van der Waals surface area contributed by atoms with Gasteiger partial charge in [-0.3, -0.25) is 4.79 Å². The Bertz CT molecular complexity index is 288. The first-order valence-electron chi connectivity index (χ1n) is 4.78. The van der Waals surface area contributed by atoms with Gasteiger partial charge in [0, 0.05) is 18.8 Å². The van der Waals surface area contributed by atoms with Crippen molar-refractivity contribution in [2.75, 3.05) is 6.16 Å². The van der Waals surface area contributed by atoms with Gasteiger partial charge in [0.1, 0.15) is 13.1 Å². The van der Waals surface area contributed by atoms with Gasteiger partial charge < -0.3 is 9.79 Å². The van der Waals surface area contributed by atoms with Crippen molar-refractivity contribution in [1.82, 2.24) is 0 Å². The summed E-state index contributed by atoms with van der Waals surface area (Å²) in [5.74, 6) is -3.46. The largest absolute Gasteiger partial charge is 0.353 e. The van der Waals surface area contributed by atoms with E-state index < -0.39 is 19.2 Å². The van der Waals surface area contributed by atoms with Crippen LogP contribution < -0.4 is 0 Å². The fourth-order valence-electron chi connectivity index (χ4n) is 1.74. The summed E-state index contributed by atoms with van der Waals surface area (Å²) in [6.07, 6.45) is 2.39. The monoisotopic (exact) mass is 240 g/mol. The summed E-state index contributed by atoms with van der Waals surface area (Å²) in [4.78, 5) is 29.5. The molecule has 0 aromatic heterocycles. The molecule has 2 N–H and O–H groups in total. The molecular weight excluding hydrogens is 225 g/mol. The highest BCUT2D eigenvalue weighted by Crippen LogP contribution is 2.40.